The minimum atomic E-state index is -3.34. The number of sulfone groups is 1. The second-order valence-corrected chi connectivity index (χ2v) is 10.4. The van der Waals surface area contributed by atoms with E-state index in [1.165, 1.54) is 13.0 Å². The van der Waals surface area contributed by atoms with E-state index < -0.39 is 27.7 Å². The largest absolute Gasteiger partial charge is 0.489 e. The molecule has 0 aromatic heterocycles. The Bertz CT molecular complexity index is 1370. The summed E-state index contributed by atoms with van der Waals surface area (Å²) < 4.78 is 43.2. The standard InChI is InChI=1S/C25H21FN2O5S/c1-16-21(24(29)28(25(30)22(16)13-27)19-10-11-34(31,32)15-19)12-17-6-8-20(9-7-17)33-14-18-4-2-3-5-23(18)26/h2-9,12,19H,10-11,14-15H2,1H3/b21-12-/t19-/m1/s1. The van der Waals surface area contributed by atoms with E-state index >= 15 is 0 Å². The Morgan fingerprint density at radius 2 is 1.85 bits per heavy atom. The van der Waals surface area contributed by atoms with Crippen molar-refractivity contribution in [2.75, 3.05) is 11.5 Å². The molecule has 4 rings (SSSR count). The molecule has 1 fully saturated rings. The van der Waals surface area contributed by atoms with Crippen LogP contribution in [0.4, 0.5) is 4.39 Å². The van der Waals surface area contributed by atoms with Gasteiger partial charge < -0.3 is 4.74 Å². The molecule has 0 bridgehead atoms. The van der Waals surface area contributed by atoms with Crippen LogP contribution >= 0.6 is 0 Å². The van der Waals surface area contributed by atoms with Gasteiger partial charge in [-0.15, -0.1) is 0 Å². The Kier molecular flexibility index (Phi) is 6.35. The number of amides is 2. The van der Waals surface area contributed by atoms with Crippen LogP contribution in [0.2, 0.25) is 0 Å². The number of nitriles is 1. The van der Waals surface area contributed by atoms with Crippen molar-refractivity contribution in [3.05, 3.63) is 82.2 Å². The molecule has 0 spiro atoms. The van der Waals surface area contributed by atoms with Crippen LogP contribution in [0, 0.1) is 17.1 Å². The molecule has 34 heavy (non-hydrogen) atoms. The van der Waals surface area contributed by atoms with Crippen molar-refractivity contribution in [2.24, 2.45) is 0 Å². The number of carbonyl (C=O) groups excluding carboxylic acids is 2. The van der Waals surface area contributed by atoms with E-state index in [1.807, 2.05) is 6.07 Å². The van der Waals surface area contributed by atoms with Gasteiger partial charge in [-0.3, -0.25) is 14.5 Å². The molecule has 2 heterocycles. The maximum atomic E-state index is 13.8. The van der Waals surface area contributed by atoms with Gasteiger partial charge in [0, 0.05) is 11.1 Å². The number of nitrogens with zero attached hydrogens (tertiary/aromatic N) is 2. The zero-order chi connectivity index (χ0) is 24.5. The fourth-order valence-corrected chi connectivity index (χ4v) is 5.71. The number of carbonyl (C=O) groups is 2. The zero-order valence-electron chi connectivity index (χ0n) is 18.3. The highest BCUT2D eigenvalue weighted by molar-refractivity contribution is 7.91. The molecule has 1 atom stereocenters. The summed E-state index contributed by atoms with van der Waals surface area (Å²) in [5.74, 6) is -1.65. The third kappa shape index (κ3) is 4.63. The topological polar surface area (TPSA) is 105 Å². The van der Waals surface area contributed by atoms with Crippen molar-refractivity contribution in [1.29, 1.82) is 5.26 Å². The SMILES string of the molecule is CC1=C(C#N)C(=O)N([C@@H]2CCS(=O)(=O)C2)C(=O)/C1=C\c1ccc(OCc2ccccc2F)cc1. The van der Waals surface area contributed by atoms with Gasteiger partial charge in [0.1, 0.15) is 29.8 Å². The minimum absolute atomic E-state index is 0.0559. The summed E-state index contributed by atoms with van der Waals surface area (Å²) >= 11 is 0. The second kappa shape index (κ2) is 9.23. The monoisotopic (exact) mass is 480 g/mol. The Labute approximate surface area is 196 Å². The fraction of sp³-hybridized carbons (Fsp3) is 0.240. The highest BCUT2D eigenvalue weighted by Crippen LogP contribution is 2.31. The normalized spacial score (nSPS) is 21.1. The first-order valence-corrected chi connectivity index (χ1v) is 12.4. The Hall–Kier alpha value is -3.77. The van der Waals surface area contributed by atoms with Crippen LogP contribution in [-0.2, 0) is 26.0 Å². The molecule has 2 aliphatic heterocycles. The summed E-state index contributed by atoms with van der Waals surface area (Å²) in [6, 6.07) is 14.1. The van der Waals surface area contributed by atoms with Gasteiger partial charge in [-0.05, 0) is 48.8 Å². The first-order chi connectivity index (χ1) is 16.2. The molecule has 2 amide bonds. The average Bonchev–Trinajstić information content (AvgIpc) is 3.16. The molecule has 174 valence electrons. The van der Waals surface area contributed by atoms with Crippen LogP contribution in [0.25, 0.3) is 6.08 Å². The molecular weight excluding hydrogens is 459 g/mol. The van der Waals surface area contributed by atoms with Crippen LogP contribution in [0.15, 0.2) is 65.3 Å². The van der Waals surface area contributed by atoms with Crippen LogP contribution in [0.1, 0.15) is 24.5 Å². The molecule has 0 radical (unpaired) electrons. The quantitative estimate of drug-likeness (QED) is 0.481. The van der Waals surface area contributed by atoms with Crippen molar-refractivity contribution in [1.82, 2.24) is 4.90 Å². The van der Waals surface area contributed by atoms with Gasteiger partial charge in [-0.25, -0.2) is 12.8 Å². The van der Waals surface area contributed by atoms with E-state index in [0.29, 0.717) is 16.9 Å². The Morgan fingerprint density at radius 3 is 2.47 bits per heavy atom. The summed E-state index contributed by atoms with van der Waals surface area (Å²) in [5, 5.41) is 9.52. The lowest BCUT2D eigenvalue weighted by Crippen LogP contribution is -2.49. The minimum Gasteiger partial charge on any atom is -0.489 e. The van der Waals surface area contributed by atoms with Crippen LogP contribution in [0.5, 0.6) is 5.75 Å². The van der Waals surface area contributed by atoms with Gasteiger partial charge in [0.25, 0.3) is 11.8 Å². The molecule has 1 saturated heterocycles. The summed E-state index contributed by atoms with van der Waals surface area (Å²) in [4.78, 5) is 26.9. The molecule has 0 aliphatic carbocycles. The molecule has 9 heteroatoms. The van der Waals surface area contributed by atoms with Gasteiger partial charge in [0.2, 0.25) is 0 Å². The maximum Gasteiger partial charge on any atom is 0.271 e. The maximum absolute atomic E-state index is 13.8. The van der Waals surface area contributed by atoms with E-state index in [1.54, 1.807) is 48.5 Å². The number of ether oxygens (including phenoxy) is 1. The van der Waals surface area contributed by atoms with E-state index in [2.05, 4.69) is 0 Å². The molecule has 2 aliphatic rings. The summed E-state index contributed by atoms with van der Waals surface area (Å²) in [7, 11) is -3.34. The molecular formula is C25H21FN2O5S. The lowest BCUT2D eigenvalue weighted by atomic mass is 9.92. The number of halogens is 1. The van der Waals surface area contributed by atoms with E-state index in [9.17, 15) is 27.7 Å². The summed E-state index contributed by atoms with van der Waals surface area (Å²) in [6.45, 7) is 1.58. The molecule has 0 N–H and O–H groups in total. The van der Waals surface area contributed by atoms with Gasteiger partial charge in [0.05, 0.1) is 17.5 Å². The molecule has 7 nitrogen and oxygen atoms in total. The van der Waals surface area contributed by atoms with Crippen molar-refractivity contribution in [3.8, 4) is 11.8 Å². The zero-order valence-corrected chi connectivity index (χ0v) is 19.1. The summed E-state index contributed by atoms with van der Waals surface area (Å²) in [5.41, 5.74) is 1.26. The van der Waals surface area contributed by atoms with Crippen LogP contribution in [-0.4, -0.2) is 42.7 Å². The van der Waals surface area contributed by atoms with Crippen LogP contribution in [0.3, 0.4) is 0 Å². The lowest BCUT2D eigenvalue weighted by molar-refractivity contribution is -0.142. The Morgan fingerprint density at radius 1 is 1.15 bits per heavy atom. The number of rotatable bonds is 5. The van der Waals surface area contributed by atoms with E-state index in [-0.39, 0.29) is 47.1 Å². The third-order valence-corrected chi connectivity index (χ3v) is 7.64. The summed E-state index contributed by atoms with van der Waals surface area (Å²) in [6.07, 6.45) is 1.71. The number of benzene rings is 2. The molecule has 2 aromatic rings. The number of hydrogen-bond donors (Lipinski definition) is 0. The highest BCUT2D eigenvalue weighted by Gasteiger charge is 2.43. The smallest absolute Gasteiger partial charge is 0.271 e. The second-order valence-electron chi connectivity index (χ2n) is 8.16. The van der Waals surface area contributed by atoms with Crippen molar-refractivity contribution >= 4 is 27.7 Å². The van der Waals surface area contributed by atoms with E-state index in [4.69, 9.17) is 4.74 Å². The Balaban J connectivity index is 1.58. The third-order valence-electron chi connectivity index (χ3n) is 5.89. The van der Waals surface area contributed by atoms with Gasteiger partial charge in [-0.2, -0.15) is 5.26 Å². The number of hydrogen-bond acceptors (Lipinski definition) is 6. The van der Waals surface area contributed by atoms with Gasteiger partial charge in [-0.1, -0.05) is 30.3 Å². The van der Waals surface area contributed by atoms with Crippen molar-refractivity contribution in [2.45, 2.75) is 26.0 Å². The van der Waals surface area contributed by atoms with Crippen molar-refractivity contribution in [3.63, 3.8) is 0 Å². The predicted molar refractivity (Wildman–Crippen MR) is 122 cm³/mol. The first kappa shape index (κ1) is 23.4. The number of imide groups is 1. The van der Waals surface area contributed by atoms with Crippen LogP contribution < -0.4 is 4.74 Å². The highest BCUT2D eigenvalue weighted by atomic mass is 32.2. The lowest BCUT2D eigenvalue weighted by Gasteiger charge is -2.31. The van der Waals surface area contributed by atoms with E-state index in [0.717, 1.165) is 4.90 Å². The van der Waals surface area contributed by atoms with Gasteiger partial charge >= 0.3 is 0 Å². The van der Waals surface area contributed by atoms with Gasteiger partial charge in [0.15, 0.2) is 9.84 Å². The predicted octanol–water partition coefficient (Wildman–Crippen LogP) is 3.18. The molecule has 0 unspecified atom stereocenters. The average molecular weight is 481 g/mol. The molecule has 0 saturated carbocycles. The first-order valence-electron chi connectivity index (χ1n) is 10.6. The molecule has 2 aromatic carbocycles. The fourth-order valence-electron chi connectivity index (χ4n) is 4.01. The van der Waals surface area contributed by atoms with Crippen molar-refractivity contribution < 1.29 is 27.1 Å².